The third-order valence-electron chi connectivity index (χ3n) is 5.15. The first kappa shape index (κ1) is 21.8. The minimum absolute atomic E-state index is 0.0732. The van der Waals surface area contributed by atoms with Gasteiger partial charge in [0, 0.05) is 4.90 Å². The molecule has 6 heteroatoms. The van der Waals surface area contributed by atoms with Crippen LogP contribution in [0.3, 0.4) is 0 Å². The molecule has 3 aromatic rings. The molecule has 1 aliphatic heterocycles. The van der Waals surface area contributed by atoms with Crippen LogP contribution in [0.4, 0.5) is 15.8 Å². The van der Waals surface area contributed by atoms with E-state index in [1.165, 1.54) is 23.9 Å². The number of para-hydroxylation sites is 1. The Hall–Kier alpha value is -3.38. The highest BCUT2D eigenvalue weighted by Crippen LogP contribution is 2.38. The molecule has 0 radical (unpaired) electrons. The predicted molar refractivity (Wildman–Crippen MR) is 127 cm³/mol. The highest BCUT2D eigenvalue weighted by molar-refractivity contribution is 8.04. The highest BCUT2D eigenvalue weighted by atomic mass is 32.2. The molecule has 0 aromatic heterocycles. The second-order valence-electron chi connectivity index (χ2n) is 7.44. The van der Waals surface area contributed by atoms with Crippen molar-refractivity contribution in [1.29, 1.82) is 0 Å². The van der Waals surface area contributed by atoms with Gasteiger partial charge in [0.05, 0.1) is 11.4 Å². The van der Waals surface area contributed by atoms with Crippen molar-refractivity contribution in [3.8, 4) is 0 Å². The van der Waals surface area contributed by atoms with Gasteiger partial charge in [-0.05, 0) is 54.8 Å². The maximum atomic E-state index is 14.3. The Kier molecular flexibility index (Phi) is 6.71. The molecule has 1 heterocycles. The summed E-state index contributed by atoms with van der Waals surface area (Å²) in [6.45, 7) is 2.14. The summed E-state index contributed by atoms with van der Waals surface area (Å²) in [5.74, 6) is -1.43. The minimum atomic E-state index is -0.502. The first-order valence-corrected chi connectivity index (χ1v) is 11.4. The molecule has 3 aromatic carbocycles. The molecule has 162 valence electrons. The van der Waals surface area contributed by atoms with Crippen LogP contribution < -0.4 is 10.2 Å². The van der Waals surface area contributed by atoms with Crippen LogP contribution in [0.15, 0.2) is 94.4 Å². The number of carbonyl (C=O) groups is 2. The fraction of sp³-hybridized carbons (Fsp3) is 0.154. The predicted octanol–water partition coefficient (Wildman–Crippen LogP) is 6.16. The number of imide groups is 1. The van der Waals surface area contributed by atoms with Crippen molar-refractivity contribution in [3.05, 3.63) is 101 Å². The number of aryl methyl sites for hydroxylation is 1. The topological polar surface area (TPSA) is 49.4 Å². The summed E-state index contributed by atoms with van der Waals surface area (Å²) in [4.78, 5) is 28.9. The summed E-state index contributed by atoms with van der Waals surface area (Å²) in [6.07, 6.45) is 3.13. The summed E-state index contributed by atoms with van der Waals surface area (Å²) in [7, 11) is 0. The van der Waals surface area contributed by atoms with E-state index < -0.39 is 17.6 Å². The van der Waals surface area contributed by atoms with E-state index in [-0.39, 0.29) is 16.3 Å². The molecule has 0 saturated carbocycles. The van der Waals surface area contributed by atoms with Crippen molar-refractivity contribution < 1.29 is 14.0 Å². The molecule has 0 atom stereocenters. The lowest BCUT2D eigenvalue weighted by Crippen LogP contribution is -2.32. The Morgan fingerprint density at radius 2 is 1.56 bits per heavy atom. The lowest BCUT2D eigenvalue weighted by Gasteiger charge is -2.16. The number of halogens is 1. The van der Waals surface area contributed by atoms with Gasteiger partial charge >= 0.3 is 0 Å². The minimum Gasteiger partial charge on any atom is -0.348 e. The van der Waals surface area contributed by atoms with Crippen molar-refractivity contribution in [1.82, 2.24) is 0 Å². The van der Waals surface area contributed by atoms with E-state index in [1.807, 2.05) is 42.5 Å². The highest BCUT2D eigenvalue weighted by Gasteiger charge is 2.40. The standard InChI is InChI=1S/C26H23FN2O2S/c1-2-3-9-18-14-16-19(17-15-18)29-25(30)23(28-22-13-8-7-12-21(22)27)24(26(29)31)32-20-10-5-4-6-11-20/h4-8,10-17,28H,2-3,9H2,1H3. The first-order valence-electron chi connectivity index (χ1n) is 10.5. The zero-order chi connectivity index (χ0) is 22.5. The molecule has 4 rings (SSSR count). The number of thioether (sulfide) groups is 1. The van der Waals surface area contributed by atoms with Crippen LogP contribution in [0.2, 0.25) is 0 Å². The Balaban J connectivity index is 1.68. The van der Waals surface area contributed by atoms with Crippen molar-refractivity contribution in [2.24, 2.45) is 0 Å². The zero-order valence-corrected chi connectivity index (χ0v) is 18.5. The SMILES string of the molecule is CCCCc1ccc(N2C(=O)C(Nc3ccccc3F)=C(Sc3ccccc3)C2=O)cc1. The third kappa shape index (κ3) is 4.60. The molecule has 2 amide bonds. The fourth-order valence-corrected chi connectivity index (χ4v) is 4.39. The molecule has 0 spiro atoms. The van der Waals surface area contributed by atoms with Crippen LogP contribution in [-0.4, -0.2) is 11.8 Å². The van der Waals surface area contributed by atoms with Gasteiger partial charge in [0.1, 0.15) is 16.4 Å². The molecule has 0 aliphatic carbocycles. The van der Waals surface area contributed by atoms with Gasteiger partial charge < -0.3 is 5.32 Å². The van der Waals surface area contributed by atoms with Crippen molar-refractivity contribution in [2.75, 3.05) is 10.2 Å². The normalized spacial score (nSPS) is 13.8. The van der Waals surface area contributed by atoms with Crippen LogP contribution in [0, 0.1) is 5.82 Å². The molecule has 32 heavy (non-hydrogen) atoms. The van der Waals surface area contributed by atoms with Gasteiger partial charge in [0.25, 0.3) is 11.8 Å². The van der Waals surface area contributed by atoms with E-state index in [0.29, 0.717) is 5.69 Å². The molecular formula is C26H23FN2O2S. The number of nitrogens with zero attached hydrogens (tertiary/aromatic N) is 1. The zero-order valence-electron chi connectivity index (χ0n) is 17.7. The summed E-state index contributed by atoms with van der Waals surface area (Å²) >= 11 is 1.19. The molecule has 0 unspecified atom stereocenters. The van der Waals surface area contributed by atoms with E-state index in [1.54, 1.807) is 24.3 Å². The fourth-order valence-electron chi connectivity index (χ4n) is 3.45. The maximum Gasteiger partial charge on any atom is 0.283 e. The van der Waals surface area contributed by atoms with E-state index in [9.17, 15) is 14.0 Å². The van der Waals surface area contributed by atoms with E-state index in [0.717, 1.165) is 34.6 Å². The monoisotopic (exact) mass is 446 g/mol. The van der Waals surface area contributed by atoms with Gasteiger partial charge in [0.2, 0.25) is 0 Å². The molecule has 0 bridgehead atoms. The van der Waals surface area contributed by atoms with Crippen LogP contribution in [0.1, 0.15) is 25.3 Å². The number of hydrogen-bond donors (Lipinski definition) is 1. The van der Waals surface area contributed by atoms with Crippen LogP contribution in [0.5, 0.6) is 0 Å². The number of carbonyl (C=O) groups excluding carboxylic acids is 2. The lowest BCUT2D eigenvalue weighted by molar-refractivity contribution is -0.120. The second kappa shape index (κ2) is 9.83. The van der Waals surface area contributed by atoms with Gasteiger partial charge in [-0.1, -0.05) is 67.6 Å². The number of unbranched alkanes of at least 4 members (excludes halogenated alkanes) is 1. The number of rotatable bonds is 8. The molecule has 0 fully saturated rings. The smallest absolute Gasteiger partial charge is 0.283 e. The van der Waals surface area contributed by atoms with Gasteiger partial charge in [-0.15, -0.1) is 0 Å². The molecule has 1 N–H and O–H groups in total. The number of benzene rings is 3. The largest absolute Gasteiger partial charge is 0.348 e. The summed E-state index contributed by atoms with van der Waals surface area (Å²) in [6, 6.07) is 22.9. The van der Waals surface area contributed by atoms with Gasteiger partial charge in [-0.25, -0.2) is 9.29 Å². The molecule has 0 saturated heterocycles. The summed E-state index contributed by atoms with van der Waals surface area (Å²) in [5, 5.41) is 2.87. The lowest BCUT2D eigenvalue weighted by atomic mass is 10.1. The van der Waals surface area contributed by atoms with Crippen LogP contribution in [0.25, 0.3) is 0 Å². The molecule has 4 nitrogen and oxygen atoms in total. The van der Waals surface area contributed by atoms with E-state index in [2.05, 4.69) is 12.2 Å². The summed E-state index contributed by atoms with van der Waals surface area (Å²) < 4.78 is 14.3. The molecule has 1 aliphatic rings. The van der Waals surface area contributed by atoms with Gasteiger partial charge in [-0.2, -0.15) is 0 Å². The Morgan fingerprint density at radius 3 is 2.25 bits per heavy atom. The quantitative estimate of drug-likeness (QED) is 0.421. The van der Waals surface area contributed by atoms with Crippen molar-refractivity contribution >= 4 is 35.0 Å². The van der Waals surface area contributed by atoms with Gasteiger partial charge in [0.15, 0.2) is 0 Å². The Bertz CT molecular complexity index is 1160. The maximum absolute atomic E-state index is 14.3. The van der Waals surface area contributed by atoms with Crippen LogP contribution >= 0.6 is 11.8 Å². The average molecular weight is 447 g/mol. The average Bonchev–Trinajstić information content (AvgIpc) is 3.04. The number of anilines is 2. The Labute approximate surface area is 191 Å². The van der Waals surface area contributed by atoms with Crippen molar-refractivity contribution in [3.63, 3.8) is 0 Å². The summed E-state index contributed by atoms with van der Waals surface area (Å²) in [5.41, 5.74) is 1.87. The van der Waals surface area contributed by atoms with E-state index >= 15 is 0 Å². The van der Waals surface area contributed by atoms with Crippen LogP contribution in [-0.2, 0) is 16.0 Å². The van der Waals surface area contributed by atoms with Gasteiger partial charge in [-0.3, -0.25) is 9.59 Å². The number of nitrogens with one attached hydrogen (secondary N) is 1. The Morgan fingerprint density at radius 1 is 0.875 bits per heavy atom. The van der Waals surface area contributed by atoms with Crippen molar-refractivity contribution in [2.45, 2.75) is 31.1 Å². The number of hydrogen-bond acceptors (Lipinski definition) is 4. The first-order chi connectivity index (χ1) is 15.6. The molecular weight excluding hydrogens is 423 g/mol. The third-order valence-corrected chi connectivity index (χ3v) is 6.24. The van der Waals surface area contributed by atoms with E-state index in [4.69, 9.17) is 0 Å². The second-order valence-corrected chi connectivity index (χ2v) is 8.52. The number of amides is 2.